The monoisotopic (exact) mass is 335 g/mol. The molecule has 1 aromatic carbocycles. The van der Waals surface area contributed by atoms with Gasteiger partial charge in [-0.1, -0.05) is 19.1 Å². The van der Waals surface area contributed by atoms with Crippen molar-refractivity contribution in [2.24, 2.45) is 0 Å². The molecule has 0 bridgehead atoms. The number of nitrogen functional groups attached to an aromatic ring is 1. The summed E-state index contributed by atoms with van der Waals surface area (Å²) in [5.41, 5.74) is 5.81. The van der Waals surface area contributed by atoms with Crippen LogP contribution in [0, 0.1) is 0 Å². The van der Waals surface area contributed by atoms with Gasteiger partial charge in [-0.3, -0.25) is 0 Å². The van der Waals surface area contributed by atoms with Gasteiger partial charge in [-0.25, -0.2) is 18.4 Å². The highest BCUT2D eigenvalue weighted by molar-refractivity contribution is 7.91. The molecule has 2 aromatic rings. The maximum Gasteiger partial charge on any atom is 0.192 e. The van der Waals surface area contributed by atoms with E-state index in [0.29, 0.717) is 23.7 Å². The van der Waals surface area contributed by atoms with E-state index in [9.17, 15) is 8.42 Å². The SMILES string of the molecule is CCCS(=O)(=O)c1cnc([C@@H]2COc3ccccc3O2)nc1N. The minimum Gasteiger partial charge on any atom is -0.485 e. The van der Waals surface area contributed by atoms with Crippen LogP contribution in [0.1, 0.15) is 25.3 Å². The van der Waals surface area contributed by atoms with E-state index in [4.69, 9.17) is 15.2 Å². The standard InChI is InChI=1S/C15H17N3O4S/c1-2-7-23(19,20)13-8-17-15(18-14(13)16)12-9-21-10-5-3-4-6-11(10)22-12/h3-6,8,12H,2,7,9H2,1H3,(H2,16,17,18)/t12-/m0/s1. The Bertz CT molecular complexity index is 823. The highest BCUT2D eigenvalue weighted by Gasteiger charge is 2.27. The summed E-state index contributed by atoms with van der Waals surface area (Å²) in [5, 5.41) is 0. The second-order valence-corrected chi connectivity index (χ2v) is 7.24. The zero-order chi connectivity index (χ0) is 16.4. The fraction of sp³-hybridized carbons (Fsp3) is 0.333. The molecule has 23 heavy (non-hydrogen) atoms. The minimum absolute atomic E-state index is 0.0102. The maximum atomic E-state index is 12.1. The second-order valence-electron chi connectivity index (χ2n) is 5.16. The molecule has 0 saturated carbocycles. The third-order valence-corrected chi connectivity index (χ3v) is 5.34. The number of nitrogens with two attached hydrogens (primary N) is 1. The Morgan fingerprint density at radius 3 is 2.74 bits per heavy atom. The van der Waals surface area contributed by atoms with Gasteiger partial charge in [0.2, 0.25) is 0 Å². The van der Waals surface area contributed by atoms with Crippen molar-refractivity contribution in [3.05, 3.63) is 36.3 Å². The molecule has 8 heteroatoms. The molecule has 0 saturated heterocycles. The third kappa shape index (κ3) is 3.07. The van der Waals surface area contributed by atoms with E-state index in [1.807, 2.05) is 12.1 Å². The van der Waals surface area contributed by atoms with E-state index >= 15 is 0 Å². The van der Waals surface area contributed by atoms with Gasteiger partial charge < -0.3 is 15.2 Å². The van der Waals surface area contributed by atoms with Crippen LogP contribution in [0.3, 0.4) is 0 Å². The number of aromatic nitrogens is 2. The molecule has 3 rings (SSSR count). The van der Waals surface area contributed by atoms with Crippen LogP contribution in [-0.4, -0.2) is 30.7 Å². The first kappa shape index (κ1) is 15.5. The van der Waals surface area contributed by atoms with Crippen molar-refractivity contribution >= 4 is 15.7 Å². The number of benzene rings is 1. The largest absolute Gasteiger partial charge is 0.485 e. The summed E-state index contributed by atoms with van der Waals surface area (Å²) in [6.45, 7) is 2.02. The average Bonchev–Trinajstić information content (AvgIpc) is 2.54. The normalized spacial score (nSPS) is 17.0. The predicted molar refractivity (Wildman–Crippen MR) is 84.1 cm³/mol. The van der Waals surface area contributed by atoms with Crippen molar-refractivity contribution in [1.82, 2.24) is 9.97 Å². The molecule has 2 heterocycles. The van der Waals surface area contributed by atoms with Gasteiger partial charge in [-0.05, 0) is 18.6 Å². The molecule has 7 nitrogen and oxygen atoms in total. The van der Waals surface area contributed by atoms with E-state index in [-0.39, 0.29) is 23.1 Å². The molecule has 122 valence electrons. The lowest BCUT2D eigenvalue weighted by atomic mass is 10.2. The topological polar surface area (TPSA) is 104 Å². The first-order valence-corrected chi connectivity index (χ1v) is 8.90. The highest BCUT2D eigenvalue weighted by Crippen LogP contribution is 2.35. The van der Waals surface area contributed by atoms with Gasteiger partial charge in [0, 0.05) is 0 Å². The Labute approximate surface area is 134 Å². The number of hydrogen-bond donors (Lipinski definition) is 1. The van der Waals surface area contributed by atoms with Crippen LogP contribution in [0.2, 0.25) is 0 Å². The predicted octanol–water partition coefficient (Wildman–Crippen LogP) is 1.75. The summed E-state index contributed by atoms with van der Waals surface area (Å²) in [7, 11) is -3.46. The Balaban J connectivity index is 1.87. The van der Waals surface area contributed by atoms with Crippen molar-refractivity contribution in [3.8, 4) is 11.5 Å². The summed E-state index contributed by atoms with van der Waals surface area (Å²) in [4.78, 5) is 8.17. The zero-order valence-electron chi connectivity index (χ0n) is 12.6. The molecule has 0 unspecified atom stereocenters. The lowest BCUT2D eigenvalue weighted by Gasteiger charge is -2.25. The molecule has 0 amide bonds. The molecule has 1 aromatic heterocycles. The van der Waals surface area contributed by atoms with Crippen LogP contribution in [0.25, 0.3) is 0 Å². The van der Waals surface area contributed by atoms with Crippen molar-refractivity contribution in [2.45, 2.75) is 24.3 Å². The van der Waals surface area contributed by atoms with Crippen LogP contribution >= 0.6 is 0 Å². The number of hydrogen-bond acceptors (Lipinski definition) is 7. The third-order valence-electron chi connectivity index (χ3n) is 3.41. The first-order chi connectivity index (χ1) is 11.0. The summed E-state index contributed by atoms with van der Waals surface area (Å²) >= 11 is 0. The number of rotatable bonds is 4. The second kappa shape index (κ2) is 6.04. The minimum atomic E-state index is -3.46. The lowest BCUT2D eigenvalue weighted by molar-refractivity contribution is 0.0850. The first-order valence-electron chi connectivity index (χ1n) is 7.25. The summed E-state index contributed by atoms with van der Waals surface area (Å²) < 4.78 is 35.6. The molecule has 1 atom stereocenters. The molecule has 0 radical (unpaired) electrons. The Hall–Kier alpha value is -2.35. The number of nitrogens with zero attached hydrogens (tertiary/aromatic N) is 2. The molecule has 0 spiro atoms. The van der Waals surface area contributed by atoms with Gasteiger partial charge >= 0.3 is 0 Å². The Morgan fingerprint density at radius 1 is 1.30 bits per heavy atom. The number of sulfone groups is 1. The lowest BCUT2D eigenvalue weighted by Crippen LogP contribution is -2.24. The summed E-state index contributed by atoms with van der Waals surface area (Å²) in [5.74, 6) is 1.49. The van der Waals surface area contributed by atoms with Crippen molar-refractivity contribution in [3.63, 3.8) is 0 Å². The van der Waals surface area contributed by atoms with Crippen LogP contribution in [0.4, 0.5) is 5.82 Å². The number of anilines is 1. The maximum absolute atomic E-state index is 12.1. The Morgan fingerprint density at radius 2 is 2.04 bits per heavy atom. The Kier molecular flexibility index (Phi) is 4.08. The summed E-state index contributed by atoms with van der Waals surface area (Å²) in [6, 6.07) is 7.27. The highest BCUT2D eigenvalue weighted by atomic mass is 32.2. The molecule has 0 fully saturated rings. The van der Waals surface area contributed by atoms with Crippen molar-refractivity contribution < 1.29 is 17.9 Å². The van der Waals surface area contributed by atoms with Gasteiger partial charge in [0.25, 0.3) is 0 Å². The average molecular weight is 335 g/mol. The van der Waals surface area contributed by atoms with Gasteiger partial charge in [-0.15, -0.1) is 0 Å². The van der Waals surface area contributed by atoms with Gasteiger partial charge in [0.05, 0.1) is 11.9 Å². The summed E-state index contributed by atoms with van der Waals surface area (Å²) in [6.07, 6.45) is 1.21. The fourth-order valence-corrected chi connectivity index (χ4v) is 3.65. The molecule has 1 aliphatic heterocycles. The van der Waals surface area contributed by atoms with E-state index in [0.717, 1.165) is 0 Å². The van der Waals surface area contributed by atoms with E-state index in [1.165, 1.54) is 6.20 Å². The quantitative estimate of drug-likeness (QED) is 0.907. The van der Waals surface area contributed by atoms with Crippen LogP contribution in [0.5, 0.6) is 11.5 Å². The van der Waals surface area contributed by atoms with Crippen LogP contribution in [0.15, 0.2) is 35.4 Å². The molecule has 0 aliphatic carbocycles. The van der Waals surface area contributed by atoms with Crippen LogP contribution in [-0.2, 0) is 9.84 Å². The van der Waals surface area contributed by atoms with Gasteiger partial charge in [0.1, 0.15) is 17.3 Å². The fourth-order valence-electron chi connectivity index (χ4n) is 2.32. The number of ether oxygens (including phenoxy) is 2. The smallest absolute Gasteiger partial charge is 0.192 e. The van der Waals surface area contributed by atoms with Gasteiger partial charge in [-0.2, -0.15) is 0 Å². The van der Waals surface area contributed by atoms with E-state index < -0.39 is 15.9 Å². The zero-order valence-corrected chi connectivity index (χ0v) is 13.4. The molecule has 1 aliphatic rings. The molecular formula is C15H17N3O4S. The molecular weight excluding hydrogens is 318 g/mol. The van der Waals surface area contributed by atoms with E-state index in [2.05, 4.69) is 9.97 Å². The van der Waals surface area contributed by atoms with Gasteiger partial charge in [0.15, 0.2) is 33.3 Å². The van der Waals surface area contributed by atoms with E-state index in [1.54, 1.807) is 19.1 Å². The van der Waals surface area contributed by atoms with Crippen LogP contribution < -0.4 is 15.2 Å². The number of fused-ring (bicyclic) bond motifs is 1. The van der Waals surface area contributed by atoms with Crippen molar-refractivity contribution in [1.29, 1.82) is 0 Å². The van der Waals surface area contributed by atoms with Crippen molar-refractivity contribution in [2.75, 3.05) is 18.1 Å². The molecule has 2 N–H and O–H groups in total. The number of para-hydroxylation sites is 2.